The lowest BCUT2D eigenvalue weighted by Crippen LogP contribution is -2.37. The number of amides is 1. The van der Waals surface area contributed by atoms with Gasteiger partial charge in [-0.1, -0.05) is 0 Å². The van der Waals surface area contributed by atoms with E-state index in [1.807, 2.05) is 4.90 Å². The van der Waals surface area contributed by atoms with E-state index in [2.05, 4.69) is 5.32 Å². The monoisotopic (exact) mass is 190 g/mol. The third kappa shape index (κ3) is 1.69. The Morgan fingerprint density at radius 3 is 2.57 bits per heavy atom. The highest BCUT2D eigenvalue weighted by atomic mass is 16.3. The number of nitrogens with one attached hydrogen (secondary N) is 1. The predicted molar refractivity (Wildman–Crippen MR) is 52.7 cm³/mol. The van der Waals surface area contributed by atoms with E-state index in [0.717, 1.165) is 5.69 Å². The number of benzene rings is 1. The van der Waals surface area contributed by atoms with E-state index in [0.29, 0.717) is 6.67 Å². The van der Waals surface area contributed by atoms with Crippen molar-refractivity contribution in [3.05, 3.63) is 36.5 Å². The van der Waals surface area contributed by atoms with Gasteiger partial charge in [0.15, 0.2) is 0 Å². The first-order valence-corrected chi connectivity index (χ1v) is 4.27. The molecule has 1 aliphatic heterocycles. The number of rotatable bonds is 1. The molecule has 0 fully saturated rings. The van der Waals surface area contributed by atoms with Gasteiger partial charge in [-0.05, 0) is 24.3 Å². The van der Waals surface area contributed by atoms with E-state index >= 15 is 0 Å². The van der Waals surface area contributed by atoms with Crippen LogP contribution in [0.1, 0.15) is 0 Å². The molecule has 0 atom stereocenters. The van der Waals surface area contributed by atoms with Crippen LogP contribution in [0.4, 0.5) is 5.69 Å². The number of hydrogen-bond donors (Lipinski definition) is 2. The second-order valence-corrected chi connectivity index (χ2v) is 3.00. The Balaban J connectivity index is 2.20. The fourth-order valence-electron chi connectivity index (χ4n) is 1.25. The summed E-state index contributed by atoms with van der Waals surface area (Å²) in [6, 6.07) is 6.80. The Hall–Kier alpha value is -1.97. The van der Waals surface area contributed by atoms with Crippen LogP contribution in [0.25, 0.3) is 0 Å². The van der Waals surface area contributed by atoms with Crippen molar-refractivity contribution in [2.24, 2.45) is 0 Å². The van der Waals surface area contributed by atoms with Crippen LogP contribution in [-0.4, -0.2) is 17.7 Å². The third-order valence-electron chi connectivity index (χ3n) is 2.01. The SMILES string of the molecule is O=C1C=CN(c2ccc(O)cc2)CN1. The Morgan fingerprint density at radius 1 is 1.29 bits per heavy atom. The first-order valence-electron chi connectivity index (χ1n) is 4.27. The van der Waals surface area contributed by atoms with Crippen LogP contribution in [0, 0.1) is 0 Å². The average Bonchev–Trinajstić information content (AvgIpc) is 2.21. The summed E-state index contributed by atoms with van der Waals surface area (Å²) in [5, 5.41) is 11.8. The fourth-order valence-corrected chi connectivity index (χ4v) is 1.25. The minimum atomic E-state index is -0.0833. The van der Waals surface area contributed by atoms with Crippen molar-refractivity contribution >= 4 is 11.6 Å². The lowest BCUT2D eigenvalue weighted by atomic mass is 10.3. The van der Waals surface area contributed by atoms with Gasteiger partial charge in [-0.2, -0.15) is 0 Å². The van der Waals surface area contributed by atoms with Crippen molar-refractivity contribution in [2.45, 2.75) is 0 Å². The van der Waals surface area contributed by atoms with E-state index in [1.54, 1.807) is 30.5 Å². The Morgan fingerprint density at radius 2 is 2.00 bits per heavy atom. The molecular formula is C10H10N2O2. The van der Waals surface area contributed by atoms with Gasteiger partial charge in [-0.25, -0.2) is 0 Å². The van der Waals surface area contributed by atoms with Crippen LogP contribution in [0.5, 0.6) is 5.75 Å². The molecule has 1 amide bonds. The molecule has 0 spiro atoms. The summed E-state index contributed by atoms with van der Waals surface area (Å²) in [6.07, 6.45) is 3.18. The molecule has 14 heavy (non-hydrogen) atoms. The van der Waals surface area contributed by atoms with Crippen LogP contribution in [-0.2, 0) is 4.79 Å². The highest BCUT2D eigenvalue weighted by Gasteiger charge is 2.08. The van der Waals surface area contributed by atoms with Gasteiger partial charge in [-0.3, -0.25) is 4.79 Å². The predicted octanol–water partition coefficient (Wildman–Crippen LogP) is 0.800. The van der Waals surface area contributed by atoms with Crippen LogP contribution < -0.4 is 10.2 Å². The lowest BCUT2D eigenvalue weighted by Gasteiger charge is -2.23. The fraction of sp³-hybridized carbons (Fsp3) is 0.100. The van der Waals surface area contributed by atoms with Gasteiger partial charge < -0.3 is 15.3 Å². The summed E-state index contributed by atoms with van der Waals surface area (Å²) in [4.78, 5) is 12.7. The molecule has 2 N–H and O–H groups in total. The third-order valence-corrected chi connectivity index (χ3v) is 2.01. The number of anilines is 1. The highest BCUT2D eigenvalue weighted by molar-refractivity contribution is 5.89. The van der Waals surface area contributed by atoms with Crippen molar-refractivity contribution in [3.8, 4) is 5.75 Å². The number of nitrogens with zero attached hydrogens (tertiary/aromatic N) is 1. The molecule has 0 aromatic heterocycles. The number of aromatic hydroxyl groups is 1. The van der Waals surface area contributed by atoms with E-state index in [4.69, 9.17) is 5.11 Å². The molecule has 0 unspecified atom stereocenters. The number of carbonyl (C=O) groups excluding carboxylic acids is 1. The number of phenols is 1. The maximum atomic E-state index is 10.8. The first-order chi connectivity index (χ1) is 6.75. The van der Waals surface area contributed by atoms with E-state index in [-0.39, 0.29) is 11.7 Å². The molecule has 72 valence electrons. The molecule has 1 aliphatic rings. The second-order valence-electron chi connectivity index (χ2n) is 3.00. The molecule has 0 saturated heterocycles. The van der Waals surface area contributed by atoms with E-state index in [9.17, 15) is 4.79 Å². The molecule has 1 aromatic rings. The summed E-state index contributed by atoms with van der Waals surface area (Å²) < 4.78 is 0. The zero-order valence-corrected chi connectivity index (χ0v) is 7.47. The average molecular weight is 190 g/mol. The van der Waals surface area contributed by atoms with Crippen LogP contribution in [0.15, 0.2) is 36.5 Å². The largest absolute Gasteiger partial charge is 0.508 e. The Kier molecular flexibility index (Phi) is 2.10. The molecule has 1 heterocycles. The number of carbonyl (C=O) groups is 1. The summed E-state index contributed by atoms with van der Waals surface area (Å²) in [7, 11) is 0. The van der Waals surface area contributed by atoms with Gasteiger partial charge >= 0.3 is 0 Å². The molecule has 2 rings (SSSR count). The van der Waals surface area contributed by atoms with Crippen molar-refractivity contribution in [1.29, 1.82) is 0 Å². The van der Waals surface area contributed by atoms with Gasteiger partial charge in [0, 0.05) is 18.0 Å². The summed E-state index contributed by atoms with van der Waals surface area (Å²) in [5.41, 5.74) is 0.930. The van der Waals surface area contributed by atoms with Gasteiger partial charge in [0.1, 0.15) is 5.75 Å². The Labute approximate surface area is 81.5 Å². The van der Waals surface area contributed by atoms with Crippen molar-refractivity contribution < 1.29 is 9.90 Å². The maximum absolute atomic E-state index is 10.8. The zero-order chi connectivity index (χ0) is 9.97. The minimum absolute atomic E-state index is 0.0833. The highest BCUT2D eigenvalue weighted by Crippen LogP contribution is 2.18. The van der Waals surface area contributed by atoms with Crippen LogP contribution in [0.2, 0.25) is 0 Å². The normalized spacial score (nSPS) is 15.4. The van der Waals surface area contributed by atoms with Crippen molar-refractivity contribution in [1.82, 2.24) is 5.32 Å². The molecule has 4 nitrogen and oxygen atoms in total. The molecule has 0 bridgehead atoms. The lowest BCUT2D eigenvalue weighted by molar-refractivity contribution is -0.116. The zero-order valence-electron chi connectivity index (χ0n) is 7.47. The maximum Gasteiger partial charge on any atom is 0.246 e. The summed E-state index contributed by atoms with van der Waals surface area (Å²) in [5.74, 6) is 0.152. The molecule has 1 aromatic carbocycles. The standard InChI is InChI=1S/C10H10N2O2/c13-9-3-1-8(2-4-9)12-6-5-10(14)11-7-12/h1-6,13H,7H2,(H,11,14). The minimum Gasteiger partial charge on any atom is -0.508 e. The quantitative estimate of drug-likeness (QED) is 0.688. The van der Waals surface area contributed by atoms with Gasteiger partial charge in [0.05, 0.1) is 6.67 Å². The smallest absolute Gasteiger partial charge is 0.246 e. The molecule has 0 radical (unpaired) electrons. The van der Waals surface area contributed by atoms with Gasteiger partial charge in [-0.15, -0.1) is 0 Å². The second kappa shape index (κ2) is 3.41. The first kappa shape index (κ1) is 8.62. The van der Waals surface area contributed by atoms with E-state index in [1.165, 1.54) is 6.08 Å². The molecule has 4 heteroatoms. The topological polar surface area (TPSA) is 52.6 Å². The Bertz CT molecular complexity index is 370. The van der Waals surface area contributed by atoms with Crippen LogP contribution >= 0.6 is 0 Å². The van der Waals surface area contributed by atoms with Crippen LogP contribution in [0.3, 0.4) is 0 Å². The van der Waals surface area contributed by atoms with E-state index < -0.39 is 0 Å². The van der Waals surface area contributed by atoms with Gasteiger partial charge in [0.2, 0.25) is 5.91 Å². The summed E-state index contributed by atoms with van der Waals surface area (Å²) in [6.45, 7) is 0.458. The van der Waals surface area contributed by atoms with Crippen molar-refractivity contribution in [2.75, 3.05) is 11.6 Å². The number of phenolic OH excluding ortho intramolecular Hbond substituents is 1. The molecular weight excluding hydrogens is 180 g/mol. The summed E-state index contributed by atoms with van der Waals surface area (Å²) >= 11 is 0. The number of hydrogen-bond acceptors (Lipinski definition) is 3. The molecule has 0 aliphatic carbocycles. The van der Waals surface area contributed by atoms with Crippen molar-refractivity contribution in [3.63, 3.8) is 0 Å². The van der Waals surface area contributed by atoms with Gasteiger partial charge in [0.25, 0.3) is 0 Å². The molecule has 0 saturated carbocycles.